The van der Waals surface area contributed by atoms with Crippen LogP contribution in [0, 0.1) is 5.92 Å². The predicted octanol–water partition coefficient (Wildman–Crippen LogP) is 1.56. The number of aromatic nitrogens is 3. The number of piperidine rings is 1. The lowest BCUT2D eigenvalue weighted by Crippen LogP contribution is -2.38. The van der Waals surface area contributed by atoms with E-state index in [1.807, 2.05) is 0 Å². The van der Waals surface area contributed by atoms with Gasteiger partial charge in [-0.2, -0.15) is 15.0 Å². The number of ether oxygens (including phenoxy) is 2. The number of nitrogens with one attached hydrogen (secondary N) is 1. The lowest BCUT2D eigenvalue weighted by molar-refractivity contribution is 0.143. The van der Waals surface area contributed by atoms with Gasteiger partial charge in [0, 0.05) is 27.2 Å². The molecule has 0 saturated carbocycles. The van der Waals surface area contributed by atoms with Crippen molar-refractivity contribution in [2.24, 2.45) is 5.92 Å². The highest BCUT2D eigenvalue weighted by Crippen LogP contribution is 2.22. The summed E-state index contributed by atoms with van der Waals surface area (Å²) in [4.78, 5) is 15.3. The summed E-state index contributed by atoms with van der Waals surface area (Å²) in [5, 5.41) is 2.97. The Morgan fingerprint density at radius 3 is 2.90 bits per heavy atom. The standard InChI is InChI=1S/C14H25N5O2/c1-4-8-21-14-17-12(15-2)16-13(18-14)19-7-5-6-11(9-19)10-20-3/h11H,4-10H2,1-3H3,(H,15,16,17,18). The van der Waals surface area contributed by atoms with E-state index >= 15 is 0 Å². The second-order valence-corrected chi connectivity index (χ2v) is 5.25. The molecule has 0 radical (unpaired) electrons. The van der Waals surface area contributed by atoms with Crippen LogP contribution >= 0.6 is 0 Å². The first-order chi connectivity index (χ1) is 10.3. The van der Waals surface area contributed by atoms with Gasteiger partial charge in [0.15, 0.2) is 0 Å². The summed E-state index contributed by atoms with van der Waals surface area (Å²) in [5.41, 5.74) is 0. The van der Waals surface area contributed by atoms with E-state index in [0.29, 0.717) is 30.4 Å². The molecule has 1 atom stereocenters. The van der Waals surface area contributed by atoms with Gasteiger partial charge in [-0.1, -0.05) is 6.92 Å². The van der Waals surface area contributed by atoms with Crippen LogP contribution in [0.15, 0.2) is 0 Å². The molecule has 2 rings (SSSR count). The van der Waals surface area contributed by atoms with Crippen molar-refractivity contribution in [1.29, 1.82) is 0 Å². The molecule has 2 heterocycles. The third-order valence-corrected chi connectivity index (χ3v) is 3.47. The first-order valence-electron chi connectivity index (χ1n) is 7.57. The molecule has 0 aliphatic carbocycles. The summed E-state index contributed by atoms with van der Waals surface area (Å²) in [6.45, 7) is 5.31. The normalized spacial score (nSPS) is 18.6. The Morgan fingerprint density at radius 1 is 1.33 bits per heavy atom. The van der Waals surface area contributed by atoms with Crippen molar-refractivity contribution in [1.82, 2.24) is 15.0 Å². The fraction of sp³-hybridized carbons (Fsp3) is 0.786. The molecule has 0 spiro atoms. The minimum absolute atomic E-state index is 0.389. The monoisotopic (exact) mass is 295 g/mol. The van der Waals surface area contributed by atoms with Crippen LogP contribution in [0.3, 0.4) is 0 Å². The lowest BCUT2D eigenvalue weighted by Gasteiger charge is -2.32. The highest BCUT2D eigenvalue weighted by Gasteiger charge is 2.23. The van der Waals surface area contributed by atoms with Crippen molar-refractivity contribution in [2.45, 2.75) is 26.2 Å². The van der Waals surface area contributed by atoms with Crippen LogP contribution in [0.2, 0.25) is 0 Å². The number of anilines is 2. The van der Waals surface area contributed by atoms with Gasteiger partial charge in [0.2, 0.25) is 11.9 Å². The molecule has 1 unspecified atom stereocenters. The third-order valence-electron chi connectivity index (χ3n) is 3.47. The maximum Gasteiger partial charge on any atom is 0.323 e. The fourth-order valence-electron chi connectivity index (χ4n) is 2.48. The first-order valence-corrected chi connectivity index (χ1v) is 7.57. The SMILES string of the molecule is CCCOc1nc(NC)nc(N2CCCC(COC)C2)n1. The van der Waals surface area contributed by atoms with Gasteiger partial charge in [-0.05, 0) is 25.2 Å². The average molecular weight is 295 g/mol. The zero-order chi connectivity index (χ0) is 15.1. The molecular weight excluding hydrogens is 270 g/mol. The van der Waals surface area contributed by atoms with Crippen LogP contribution < -0.4 is 15.0 Å². The highest BCUT2D eigenvalue weighted by molar-refractivity contribution is 5.38. The van der Waals surface area contributed by atoms with E-state index < -0.39 is 0 Å². The van der Waals surface area contributed by atoms with E-state index in [1.165, 1.54) is 6.42 Å². The maximum absolute atomic E-state index is 5.55. The smallest absolute Gasteiger partial charge is 0.323 e. The Morgan fingerprint density at radius 2 is 2.19 bits per heavy atom. The van der Waals surface area contributed by atoms with E-state index in [1.54, 1.807) is 14.2 Å². The molecule has 0 aromatic carbocycles. The van der Waals surface area contributed by atoms with Crippen LogP contribution in [-0.2, 0) is 4.74 Å². The van der Waals surface area contributed by atoms with Crippen molar-refractivity contribution in [3.8, 4) is 6.01 Å². The Hall–Kier alpha value is -1.63. The third kappa shape index (κ3) is 4.42. The van der Waals surface area contributed by atoms with Gasteiger partial charge < -0.3 is 19.7 Å². The summed E-state index contributed by atoms with van der Waals surface area (Å²) >= 11 is 0. The molecule has 1 saturated heterocycles. The Kier molecular flexibility index (Phi) is 5.98. The molecule has 1 aliphatic heterocycles. The van der Waals surface area contributed by atoms with Crippen LogP contribution in [0.5, 0.6) is 6.01 Å². The highest BCUT2D eigenvalue weighted by atomic mass is 16.5. The molecule has 1 N–H and O–H groups in total. The first kappa shape index (κ1) is 15.8. The molecule has 7 heteroatoms. The Balaban J connectivity index is 2.13. The lowest BCUT2D eigenvalue weighted by atomic mass is 9.99. The summed E-state index contributed by atoms with van der Waals surface area (Å²) in [6.07, 6.45) is 3.24. The maximum atomic E-state index is 5.55. The number of hydrogen-bond acceptors (Lipinski definition) is 7. The number of methoxy groups -OCH3 is 1. The largest absolute Gasteiger partial charge is 0.463 e. The zero-order valence-corrected chi connectivity index (χ0v) is 13.1. The molecule has 1 aromatic heterocycles. The second kappa shape index (κ2) is 7.97. The van der Waals surface area contributed by atoms with Gasteiger partial charge in [-0.15, -0.1) is 0 Å². The summed E-state index contributed by atoms with van der Waals surface area (Å²) in [5.74, 6) is 1.75. The Labute approximate surface area is 126 Å². The van der Waals surface area contributed by atoms with E-state index in [-0.39, 0.29) is 0 Å². The quantitative estimate of drug-likeness (QED) is 0.818. The van der Waals surface area contributed by atoms with Crippen LogP contribution in [-0.4, -0.2) is 55.4 Å². The van der Waals surface area contributed by atoms with E-state index in [2.05, 4.69) is 32.1 Å². The zero-order valence-electron chi connectivity index (χ0n) is 13.1. The number of hydrogen-bond donors (Lipinski definition) is 1. The van der Waals surface area contributed by atoms with Crippen molar-refractivity contribution in [3.63, 3.8) is 0 Å². The van der Waals surface area contributed by atoms with Gasteiger partial charge in [0.25, 0.3) is 0 Å². The van der Waals surface area contributed by atoms with E-state index in [4.69, 9.17) is 9.47 Å². The number of rotatable bonds is 7. The predicted molar refractivity (Wildman–Crippen MR) is 82.0 cm³/mol. The average Bonchev–Trinajstić information content (AvgIpc) is 2.53. The molecule has 0 bridgehead atoms. The van der Waals surface area contributed by atoms with Gasteiger partial charge in [0.05, 0.1) is 13.2 Å². The fourth-order valence-corrected chi connectivity index (χ4v) is 2.48. The van der Waals surface area contributed by atoms with Gasteiger partial charge in [-0.25, -0.2) is 0 Å². The van der Waals surface area contributed by atoms with Crippen molar-refractivity contribution in [3.05, 3.63) is 0 Å². The molecule has 1 fully saturated rings. The molecule has 21 heavy (non-hydrogen) atoms. The van der Waals surface area contributed by atoms with Crippen molar-refractivity contribution in [2.75, 3.05) is 50.7 Å². The van der Waals surface area contributed by atoms with Crippen molar-refractivity contribution >= 4 is 11.9 Å². The molecule has 118 valence electrons. The van der Waals surface area contributed by atoms with Gasteiger partial charge in [-0.3, -0.25) is 0 Å². The molecule has 1 aromatic rings. The minimum atomic E-state index is 0.389. The van der Waals surface area contributed by atoms with Crippen LogP contribution in [0.25, 0.3) is 0 Å². The topological polar surface area (TPSA) is 72.4 Å². The van der Waals surface area contributed by atoms with E-state index in [0.717, 1.165) is 32.5 Å². The molecule has 1 aliphatic rings. The molecule has 7 nitrogen and oxygen atoms in total. The van der Waals surface area contributed by atoms with Crippen molar-refractivity contribution < 1.29 is 9.47 Å². The summed E-state index contributed by atoms with van der Waals surface area (Å²) in [6, 6.07) is 0.389. The molecule has 0 amide bonds. The second-order valence-electron chi connectivity index (χ2n) is 5.25. The van der Waals surface area contributed by atoms with Crippen LogP contribution in [0.4, 0.5) is 11.9 Å². The van der Waals surface area contributed by atoms with E-state index in [9.17, 15) is 0 Å². The summed E-state index contributed by atoms with van der Waals surface area (Å²) < 4.78 is 10.8. The summed E-state index contributed by atoms with van der Waals surface area (Å²) in [7, 11) is 3.55. The Bertz CT molecular complexity index is 441. The van der Waals surface area contributed by atoms with Crippen LogP contribution in [0.1, 0.15) is 26.2 Å². The van der Waals surface area contributed by atoms with Gasteiger partial charge in [0.1, 0.15) is 0 Å². The van der Waals surface area contributed by atoms with Gasteiger partial charge >= 0.3 is 6.01 Å². The minimum Gasteiger partial charge on any atom is -0.463 e. The number of nitrogens with zero attached hydrogens (tertiary/aromatic N) is 4. The molecular formula is C14H25N5O2.